The Morgan fingerprint density at radius 1 is 1.50 bits per heavy atom. The van der Waals surface area contributed by atoms with Crippen LogP contribution in [0.4, 0.5) is 0 Å². The average molecular weight is 114 g/mol. The van der Waals surface area contributed by atoms with Crippen molar-refractivity contribution >= 4 is 0 Å². The standard InChI is InChI=1S/C6H10O2/c1-8-6-4-2-3-5-7/h2-4,6-7H,5H2,1H3/b3-2+,6-4+. The highest BCUT2D eigenvalue weighted by molar-refractivity contribution is 4.99. The number of hydrogen-bond donors (Lipinski definition) is 1. The number of ether oxygens (including phenoxy) is 1. The molecular weight excluding hydrogens is 104 g/mol. The number of aliphatic hydroxyl groups excluding tert-OH is 1. The SMILES string of the molecule is CO/C=C/C=C/CO. The van der Waals surface area contributed by atoms with E-state index >= 15 is 0 Å². The first kappa shape index (κ1) is 7.24. The Morgan fingerprint density at radius 2 is 2.25 bits per heavy atom. The van der Waals surface area contributed by atoms with Gasteiger partial charge in [-0.25, -0.2) is 0 Å². The number of rotatable bonds is 3. The highest BCUT2D eigenvalue weighted by Gasteiger charge is 1.61. The highest BCUT2D eigenvalue weighted by Crippen LogP contribution is 1.75. The largest absolute Gasteiger partial charge is 0.504 e. The zero-order valence-corrected chi connectivity index (χ0v) is 4.87. The van der Waals surface area contributed by atoms with Crippen molar-refractivity contribution in [3.63, 3.8) is 0 Å². The molecule has 0 aliphatic heterocycles. The van der Waals surface area contributed by atoms with Crippen LogP contribution in [0.1, 0.15) is 0 Å². The molecule has 0 heterocycles. The fourth-order valence-corrected chi connectivity index (χ4v) is 0.263. The molecule has 0 atom stereocenters. The molecule has 46 valence electrons. The number of allylic oxidation sites excluding steroid dienone is 2. The molecule has 2 nitrogen and oxygen atoms in total. The van der Waals surface area contributed by atoms with E-state index in [1.807, 2.05) is 0 Å². The Labute approximate surface area is 49.1 Å². The van der Waals surface area contributed by atoms with Crippen LogP contribution in [0.2, 0.25) is 0 Å². The van der Waals surface area contributed by atoms with E-state index < -0.39 is 0 Å². The summed E-state index contributed by atoms with van der Waals surface area (Å²) in [7, 11) is 1.57. The Morgan fingerprint density at radius 3 is 2.75 bits per heavy atom. The maximum atomic E-state index is 8.20. The fraction of sp³-hybridized carbons (Fsp3) is 0.333. The molecule has 0 unspecified atom stereocenters. The van der Waals surface area contributed by atoms with Crippen LogP contribution in [-0.4, -0.2) is 18.8 Å². The average Bonchev–Trinajstić information content (AvgIpc) is 1.81. The van der Waals surface area contributed by atoms with Gasteiger partial charge in [0.25, 0.3) is 0 Å². The molecule has 0 aromatic carbocycles. The molecule has 0 saturated heterocycles. The van der Waals surface area contributed by atoms with Crippen molar-refractivity contribution < 1.29 is 9.84 Å². The second-order valence-electron chi connectivity index (χ2n) is 1.17. The topological polar surface area (TPSA) is 29.5 Å². The Kier molecular flexibility index (Phi) is 5.65. The summed E-state index contributed by atoms with van der Waals surface area (Å²) in [5, 5.41) is 8.20. The second kappa shape index (κ2) is 6.24. The molecule has 0 radical (unpaired) electrons. The van der Waals surface area contributed by atoms with Crippen LogP contribution < -0.4 is 0 Å². The van der Waals surface area contributed by atoms with Gasteiger partial charge in [0.2, 0.25) is 0 Å². The molecule has 0 aliphatic rings. The zero-order chi connectivity index (χ0) is 6.24. The van der Waals surface area contributed by atoms with Gasteiger partial charge >= 0.3 is 0 Å². The lowest BCUT2D eigenvalue weighted by molar-refractivity contribution is 0.337. The first-order valence-electron chi connectivity index (χ1n) is 2.37. The summed E-state index contributed by atoms with van der Waals surface area (Å²) in [5.74, 6) is 0. The lowest BCUT2D eigenvalue weighted by Gasteiger charge is -1.79. The third-order valence-electron chi connectivity index (χ3n) is 0.567. The first-order valence-corrected chi connectivity index (χ1v) is 2.37. The van der Waals surface area contributed by atoms with E-state index in [1.54, 1.807) is 25.3 Å². The van der Waals surface area contributed by atoms with Crippen LogP contribution in [0.5, 0.6) is 0 Å². The van der Waals surface area contributed by atoms with Gasteiger partial charge in [-0.05, 0) is 6.08 Å². The van der Waals surface area contributed by atoms with Crippen LogP contribution in [-0.2, 0) is 4.74 Å². The molecule has 0 fully saturated rings. The fourth-order valence-electron chi connectivity index (χ4n) is 0.263. The van der Waals surface area contributed by atoms with Gasteiger partial charge in [-0.3, -0.25) is 0 Å². The van der Waals surface area contributed by atoms with Crippen LogP contribution in [0.25, 0.3) is 0 Å². The predicted molar refractivity (Wildman–Crippen MR) is 32.4 cm³/mol. The lowest BCUT2D eigenvalue weighted by Crippen LogP contribution is -1.68. The molecule has 0 aromatic rings. The molecule has 0 saturated carbocycles. The Hall–Kier alpha value is -0.760. The van der Waals surface area contributed by atoms with Gasteiger partial charge in [-0.2, -0.15) is 0 Å². The quantitative estimate of drug-likeness (QED) is 0.432. The number of hydrogen-bond acceptors (Lipinski definition) is 2. The predicted octanol–water partition coefficient (Wildman–Crippen LogP) is 0.695. The van der Waals surface area contributed by atoms with Crippen molar-refractivity contribution in [1.29, 1.82) is 0 Å². The number of aliphatic hydroxyl groups is 1. The van der Waals surface area contributed by atoms with E-state index in [0.29, 0.717) is 0 Å². The summed E-state index contributed by atoms with van der Waals surface area (Å²) >= 11 is 0. The van der Waals surface area contributed by atoms with Gasteiger partial charge < -0.3 is 9.84 Å². The summed E-state index contributed by atoms with van der Waals surface area (Å²) < 4.78 is 4.57. The maximum absolute atomic E-state index is 8.20. The van der Waals surface area contributed by atoms with Crippen molar-refractivity contribution in [2.24, 2.45) is 0 Å². The van der Waals surface area contributed by atoms with E-state index in [4.69, 9.17) is 5.11 Å². The van der Waals surface area contributed by atoms with E-state index in [2.05, 4.69) is 4.74 Å². The Balaban J connectivity index is 3.13. The van der Waals surface area contributed by atoms with Gasteiger partial charge in [0.1, 0.15) is 0 Å². The first-order chi connectivity index (χ1) is 3.91. The second-order valence-corrected chi connectivity index (χ2v) is 1.17. The molecule has 2 heteroatoms. The molecule has 1 N–H and O–H groups in total. The Bertz CT molecular complexity index is 72.5. The van der Waals surface area contributed by atoms with E-state index in [1.165, 1.54) is 6.26 Å². The summed E-state index contributed by atoms with van der Waals surface area (Å²) in [6.45, 7) is 0.0774. The van der Waals surface area contributed by atoms with E-state index in [-0.39, 0.29) is 6.61 Å². The molecular formula is C6H10O2. The van der Waals surface area contributed by atoms with Gasteiger partial charge in [0.05, 0.1) is 20.0 Å². The summed E-state index contributed by atoms with van der Waals surface area (Å²) in [4.78, 5) is 0. The highest BCUT2D eigenvalue weighted by atomic mass is 16.5. The molecule has 8 heavy (non-hydrogen) atoms. The van der Waals surface area contributed by atoms with Crippen molar-refractivity contribution in [3.05, 3.63) is 24.5 Å². The molecule has 0 amide bonds. The monoisotopic (exact) mass is 114 g/mol. The summed E-state index contributed by atoms with van der Waals surface area (Å²) in [5.41, 5.74) is 0. The smallest absolute Gasteiger partial charge is 0.0824 e. The van der Waals surface area contributed by atoms with E-state index in [0.717, 1.165) is 0 Å². The molecule has 0 rings (SSSR count). The van der Waals surface area contributed by atoms with Gasteiger partial charge in [-0.15, -0.1) is 0 Å². The zero-order valence-electron chi connectivity index (χ0n) is 4.87. The molecule has 0 aliphatic carbocycles. The van der Waals surface area contributed by atoms with Gasteiger partial charge in [0.15, 0.2) is 0 Å². The minimum Gasteiger partial charge on any atom is -0.504 e. The van der Waals surface area contributed by atoms with Crippen LogP contribution >= 0.6 is 0 Å². The lowest BCUT2D eigenvalue weighted by atomic mass is 10.5. The van der Waals surface area contributed by atoms with Crippen LogP contribution in [0.15, 0.2) is 24.5 Å². The molecule has 0 spiro atoms. The van der Waals surface area contributed by atoms with Crippen LogP contribution in [0, 0.1) is 0 Å². The van der Waals surface area contributed by atoms with Crippen LogP contribution in [0.3, 0.4) is 0 Å². The maximum Gasteiger partial charge on any atom is 0.0824 e. The summed E-state index contributed by atoms with van der Waals surface area (Å²) in [6.07, 6.45) is 6.57. The van der Waals surface area contributed by atoms with E-state index in [9.17, 15) is 0 Å². The molecule has 0 aromatic heterocycles. The van der Waals surface area contributed by atoms with Crippen molar-refractivity contribution in [1.82, 2.24) is 0 Å². The molecule has 0 bridgehead atoms. The minimum absolute atomic E-state index is 0.0774. The third kappa shape index (κ3) is 5.24. The normalized spacial score (nSPS) is 11.2. The van der Waals surface area contributed by atoms with Crippen molar-refractivity contribution in [2.75, 3.05) is 13.7 Å². The minimum atomic E-state index is 0.0774. The third-order valence-corrected chi connectivity index (χ3v) is 0.567. The number of methoxy groups -OCH3 is 1. The van der Waals surface area contributed by atoms with Crippen molar-refractivity contribution in [3.8, 4) is 0 Å². The van der Waals surface area contributed by atoms with Gasteiger partial charge in [0, 0.05) is 0 Å². The van der Waals surface area contributed by atoms with Gasteiger partial charge in [-0.1, -0.05) is 12.2 Å². The summed E-state index contributed by atoms with van der Waals surface area (Å²) in [6, 6.07) is 0. The van der Waals surface area contributed by atoms with Crippen molar-refractivity contribution in [2.45, 2.75) is 0 Å².